The van der Waals surface area contributed by atoms with E-state index < -0.39 is 17.0 Å². The molecule has 0 aliphatic carbocycles. The monoisotopic (exact) mass is 320 g/mol. The second kappa shape index (κ2) is 5.86. The third-order valence-electron chi connectivity index (χ3n) is 3.37. The van der Waals surface area contributed by atoms with Crippen LogP contribution in [-0.2, 0) is 11.3 Å². The fourth-order valence-electron chi connectivity index (χ4n) is 2.28. The topological polar surface area (TPSA) is 66.6 Å². The molecule has 1 unspecified atom stereocenters. The van der Waals surface area contributed by atoms with Crippen LogP contribution in [0.5, 0.6) is 0 Å². The first-order chi connectivity index (χ1) is 9.68. The lowest BCUT2D eigenvalue weighted by Gasteiger charge is -2.20. The number of carboxylic acids is 1. The zero-order valence-electron chi connectivity index (χ0n) is 11.1. The van der Waals surface area contributed by atoms with Crippen molar-refractivity contribution in [3.05, 3.63) is 29.8 Å². The van der Waals surface area contributed by atoms with Crippen LogP contribution >= 0.6 is 11.8 Å². The minimum absolute atomic E-state index is 0.131. The molecule has 116 valence electrons. The van der Waals surface area contributed by atoms with Crippen molar-refractivity contribution in [3.63, 3.8) is 0 Å². The van der Waals surface area contributed by atoms with E-state index in [1.165, 1.54) is 12.1 Å². The second-order valence-corrected chi connectivity index (χ2v) is 6.25. The highest BCUT2D eigenvalue weighted by Crippen LogP contribution is 2.36. The maximum Gasteiger partial charge on any atom is 0.446 e. The molecule has 1 fully saturated rings. The average molecular weight is 320 g/mol. The smallest absolute Gasteiger partial charge is 0.446 e. The van der Waals surface area contributed by atoms with Gasteiger partial charge in [0, 0.05) is 24.5 Å². The highest BCUT2D eigenvalue weighted by atomic mass is 32.2. The lowest BCUT2D eigenvalue weighted by atomic mass is 10.0. The summed E-state index contributed by atoms with van der Waals surface area (Å²) >= 11 is -0.155. The lowest BCUT2D eigenvalue weighted by molar-refractivity contribution is -0.142. The van der Waals surface area contributed by atoms with Gasteiger partial charge in [0.1, 0.15) is 5.54 Å². The van der Waals surface area contributed by atoms with Crippen LogP contribution in [0, 0.1) is 0 Å². The molecule has 0 aromatic heterocycles. The number of nitrogens with zero attached hydrogens (tertiary/aromatic N) is 1. The van der Waals surface area contributed by atoms with E-state index in [0.717, 1.165) is 5.56 Å². The molecule has 1 aliphatic heterocycles. The molecule has 0 saturated carbocycles. The molecule has 0 amide bonds. The Morgan fingerprint density at radius 2 is 2.00 bits per heavy atom. The summed E-state index contributed by atoms with van der Waals surface area (Å²) in [4.78, 5) is 13.1. The first-order valence-electron chi connectivity index (χ1n) is 6.27. The molecule has 1 aromatic carbocycles. The van der Waals surface area contributed by atoms with Crippen LogP contribution in [0.15, 0.2) is 29.2 Å². The molecule has 1 aromatic rings. The van der Waals surface area contributed by atoms with Crippen LogP contribution in [0.3, 0.4) is 0 Å². The minimum atomic E-state index is -4.29. The van der Waals surface area contributed by atoms with Gasteiger partial charge < -0.3 is 10.8 Å². The Hall–Kier alpha value is -1.25. The number of rotatable bonds is 4. The number of nitrogens with two attached hydrogens (primary N) is 1. The number of hydrogen-bond acceptors (Lipinski definition) is 4. The van der Waals surface area contributed by atoms with E-state index in [4.69, 9.17) is 10.8 Å². The summed E-state index contributed by atoms with van der Waals surface area (Å²) < 4.78 is 36.6. The van der Waals surface area contributed by atoms with Gasteiger partial charge in [-0.1, -0.05) is 12.1 Å². The number of benzene rings is 1. The van der Waals surface area contributed by atoms with E-state index in [1.807, 2.05) is 4.90 Å². The molecule has 2 rings (SSSR count). The first-order valence-corrected chi connectivity index (χ1v) is 7.09. The van der Waals surface area contributed by atoms with Crippen molar-refractivity contribution in [2.24, 2.45) is 5.73 Å². The predicted octanol–water partition coefficient (Wildman–Crippen LogP) is 2.29. The van der Waals surface area contributed by atoms with E-state index in [9.17, 15) is 18.0 Å². The lowest BCUT2D eigenvalue weighted by Crippen LogP contribution is -2.50. The fourth-order valence-corrected chi connectivity index (χ4v) is 2.82. The summed E-state index contributed by atoms with van der Waals surface area (Å²) in [6.07, 6.45) is 0.365. The maximum atomic E-state index is 12.2. The van der Waals surface area contributed by atoms with Crippen LogP contribution in [0.1, 0.15) is 12.0 Å². The molecular weight excluding hydrogens is 305 g/mol. The Kier molecular flexibility index (Phi) is 4.50. The van der Waals surface area contributed by atoms with Crippen molar-refractivity contribution in [1.29, 1.82) is 0 Å². The number of hydrogen-bond donors (Lipinski definition) is 2. The standard InChI is InChI=1S/C13H15F3N2O2S/c14-13(15,16)21-10-3-1-9(2-4-10)7-18-6-5-12(17,8-18)11(19)20/h1-4H,5-8,17H2,(H,19,20). The number of likely N-dealkylation sites (tertiary alicyclic amines) is 1. The largest absolute Gasteiger partial charge is 0.480 e. The van der Waals surface area contributed by atoms with Crippen molar-refractivity contribution < 1.29 is 23.1 Å². The Labute approximate surface area is 124 Å². The fraction of sp³-hybridized carbons (Fsp3) is 0.462. The van der Waals surface area contributed by atoms with Gasteiger partial charge in [-0.2, -0.15) is 13.2 Å². The maximum absolute atomic E-state index is 12.2. The molecule has 8 heteroatoms. The van der Waals surface area contributed by atoms with Crippen LogP contribution in [-0.4, -0.2) is 40.1 Å². The minimum Gasteiger partial charge on any atom is -0.480 e. The Morgan fingerprint density at radius 3 is 2.48 bits per heavy atom. The highest BCUT2D eigenvalue weighted by molar-refractivity contribution is 8.00. The predicted molar refractivity (Wildman–Crippen MR) is 72.8 cm³/mol. The summed E-state index contributed by atoms with van der Waals surface area (Å²) in [6, 6.07) is 6.06. The summed E-state index contributed by atoms with van der Waals surface area (Å²) in [5, 5.41) is 9.04. The number of thioether (sulfide) groups is 1. The SMILES string of the molecule is NC1(C(=O)O)CCN(Cc2ccc(SC(F)(F)F)cc2)C1. The van der Waals surface area contributed by atoms with E-state index in [1.54, 1.807) is 12.1 Å². The number of alkyl halides is 3. The molecule has 0 spiro atoms. The van der Waals surface area contributed by atoms with Gasteiger partial charge in [0.25, 0.3) is 0 Å². The molecule has 1 saturated heterocycles. The summed E-state index contributed by atoms with van der Waals surface area (Å²) in [7, 11) is 0. The third kappa shape index (κ3) is 4.36. The van der Waals surface area contributed by atoms with E-state index in [0.29, 0.717) is 19.5 Å². The number of aliphatic carboxylic acids is 1. The Morgan fingerprint density at radius 1 is 1.38 bits per heavy atom. The van der Waals surface area contributed by atoms with Crippen molar-refractivity contribution in [2.45, 2.75) is 28.9 Å². The van der Waals surface area contributed by atoms with Crippen LogP contribution in [0.25, 0.3) is 0 Å². The number of carboxylic acid groups (broad SMARTS) is 1. The van der Waals surface area contributed by atoms with Crippen molar-refractivity contribution in [1.82, 2.24) is 4.90 Å². The van der Waals surface area contributed by atoms with Crippen LogP contribution in [0.2, 0.25) is 0 Å². The van der Waals surface area contributed by atoms with Gasteiger partial charge in [0.15, 0.2) is 0 Å². The summed E-state index contributed by atoms with van der Waals surface area (Å²) in [6.45, 7) is 1.27. The number of halogens is 3. The molecule has 1 heterocycles. The van der Waals surface area contributed by atoms with Gasteiger partial charge in [-0.15, -0.1) is 0 Å². The van der Waals surface area contributed by atoms with E-state index >= 15 is 0 Å². The van der Waals surface area contributed by atoms with Gasteiger partial charge in [-0.05, 0) is 35.9 Å². The third-order valence-corrected chi connectivity index (χ3v) is 4.11. The molecule has 1 atom stereocenters. The molecule has 0 radical (unpaired) electrons. The van der Waals surface area contributed by atoms with Gasteiger partial charge in [-0.3, -0.25) is 9.69 Å². The molecule has 0 bridgehead atoms. The zero-order valence-corrected chi connectivity index (χ0v) is 11.9. The molecule has 3 N–H and O–H groups in total. The Balaban J connectivity index is 1.94. The van der Waals surface area contributed by atoms with Gasteiger partial charge in [0.2, 0.25) is 0 Å². The summed E-state index contributed by atoms with van der Waals surface area (Å²) in [5.41, 5.74) is 1.08. The van der Waals surface area contributed by atoms with Gasteiger partial charge in [-0.25, -0.2) is 0 Å². The van der Waals surface area contributed by atoms with Crippen molar-refractivity contribution in [2.75, 3.05) is 13.1 Å². The molecule has 21 heavy (non-hydrogen) atoms. The average Bonchev–Trinajstić information content (AvgIpc) is 2.73. The van der Waals surface area contributed by atoms with Crippen LogP contribution < -0.4 is 5.73 Å². The van der Waals surface area contributed by atoms with E-state index in [-0.39, 0.29) is 23.2 Å². The highest BCUT2D eigenvalue weighted by Gasteiger charge is 2.41. The van der Waals surface area contributed by atoms with Crippen molar-refractivity contribution in [3.8, 4) is 0 Å². The summed E-state index contributed by atoms with van der Waals surface area (Å²) in [5.74, 6) is -1.03. The Bertz CT molecular complexity index is 521. The first kappa shape index (κ1) is 16.1. The molecule has 1 aliphatic rings. The van der Waals surface area contributed by atoms with E-state index in [2.05, 4.69) is 0 Å². The van der Waals surface area contributed by atoms with Crippen molar-refractivity contribution >= 4 is 17.7 Å². The van der Waals surface area contributed by atoms with Crippen LogP contribution in [0.4, 0.5) is 13.2 Å². The van der Waals surface area contributed by atoms with Gasteiger partial charge >= 0.3 is 11.5 Å². The molecular formula is C13H15F3N2O2S. The normalized spacial score (nSPS) is 23.4. The quantitative estimate of drug-likeness (QED) is 0.833. The second-order valence-electron chi connectivity index (χ2n) is 5.11. The van der Waals surface area contributed by atoms with Gasteiger partial charge in [0.05, 0.1) is 0 Å². The molecule has 4 nitrogen and oxygen atoms in total. The zero-order chi connectivity index (χ0) is 15.7. The number of carbonyl (C=O) groups is 1.